The molecule has 0 saturated heterocycles. The van der Waals surface area contributed by atoms with Crippen LogP contribution in [0.4, 0.5) is 0 Å². The number of carbonyl (C=O) groups excluding carboxylic acids is 1. The summed E-state index contributed by atoms with van der Waals surface area (Å²) in [5.74, 6) is -2.06. The van der Waals surface area contributed by atoms with Crippen LogP contribution in [0.5, 0.6) is 0 Å². The summed E-state index contributed by atoms with van der Waals surface area (Å²) in [4.78, 5) is 23.2. The van der Waals surface area contributed by atoms with Gasteiger partial charge in [-0.1, -0.05) is 43.2 Å². The molecule has 1 aromatic carbocycles. The maximum absolute atomic E-state index is 12.1. The van der Waals surface area contributed by atoms with Crippen LogP contribution in [0, 0.1) is 11.8 Å². The molecule has 0 bridgehead atoms. The molecule has 0 heterocycles. The number of hydrogen-bond donors (Lipinski definition) is 3. The number of benzene rings is 1. The van der Waals surface area contributed by atoms with Crippen molar-refractivity contribution < 1.29 is 14.7 Å². The molecule has 1 saturated carbocycles. The lowest BCUT2D eigenvalue weighted by atomic mass is 9.79. The molecule has 0 radical (unpaired) electrons. The van der Waals surface area contributed by atoms with Crippen molar-refractivity contribution >= 4 is 11.9 Å². The first-order valence-corrected chi connectivity index (χ1v) is 6.98. The van der Waals surface area contributed by atoms with Gasteiger partial charge in [0.05, 0.1) is 11.8 Å². The normalized spacial score (nSPS) is 22.2. The van der Waals surface area contributed by atoms with E-state index >= 15 is 0 Å². The van der Waals surface area contributed by atoms with Gasteiger partial charge in [0.2, 0.25) is 5.91 Å². The molecule has 5 nitrogen and oxygen atoms in total. The molecule has 1 aliphatic rings. The van der Waals surface area contributed by atoms with E-state index in [9.17, 15) is 9.59 Å². The molecule has 2 rings (SSSR count). The van der Waals surface area contributed by atoms with E-state index in [-0.39, 0.29) is 5.91 Å². The maximum atomic E-state index is 12.1. The van der Waals surface area contributed by atoms with Crippen LogP contribution in [0.1, 0.15) is 31.2 Å². The number of nitrogens with one attached hydrogen (secondary N) is 2. The Bertz CT molecular complexity index is 461. The quantitative estimate of drug-likeness (QED) is 0.715. The molecule has 20 heavy (non-hydrogen) atoms. The van der Waals surface area contributed by atoms with Gasteiger partial charge in [-0.05, 0) is 18.4 Å². The Balaban J connectivity index is 1.83. The molecule has 1 aliphatic carbocycles. The summed E-state index contributed by atoms with van der Waals surface area (Å²) in [6.07, 6.45) is 3.04. The predicted octanol–water partition coefficient (Wildman–Crippen LogP) is 1.70. The summed E-state index contributed by atoms with van der Waals surface area (Å²) in [6, 6.07) is 9.71. The Morgan fingerprint density at radius 2 is 1.75 bits per heavy atom. The molecule has 3 N–H and O–H groups in total. The van der Waals surface area contributed by atoms with Gasteiger partial charge in [0.25, 0.3) is 0 Å². The fourth-order valence-electron chi connectivity index (χ4n) is 2.66. The Labute approximate surface area is 118 Å². The van der Waals surface area contributed by atoms with Crippen LogP contribution in [-0.2, 0) is 16.1 Å². The van der Waals surface area contributed by atoms with E-state index < -0.39 is 17.8 Å². The van der Waals surface area contributed by atoms with Crippen molar-refractivity contribution in [3.63, 3.8) is 0 Å². The third-order valence-electron chi connectivity index (χ3n) is 3.77. The molecule has 5 heteroatoms. The topological polar surface area (TPSA) is 78.4 Å². The second-order valence-corrected chi connectivity index (χ2v) is 5.16. The highest BCUT2D eigenvalue weighted by molar-refractivity contribution is 5.84. The number of carbonyl (C=O) groups is 2. The molecular weight excluding hydrogens is 256 g/mol. The average molecular weight is 276 g/mol. The van der Waals surface area contributed by atoms with Crippen LogP contribution in [0.3, 0.4) is 0 Å². The Hall–Kier alpha value is -1.88. The highest BCUT2D eigenvalue weighted by Gasteiger charge is 2.35. The molecule has 0 unspecified atom stereocenters. The highest BCUT2D eigenvalue weighted by Crippen LogP contribution is 2.30. The Morgan fingerprint density at radius 3 is 2.40 bits per heavy atom. The first-order chi connectivity index (χ1) is 9.68. The number of aliphatic carboxylic acids is 1. The van der Waals surface area contributed by atoms with Crippen molar-refractivity contribution in [3.8, 4) is 0 Å². The molecule has 0 spiro atoms. The van der Waals surface area contributed by atoms with Gasteiger partial charge >= 0.3 is 5.97 Å². The van der Waals surface area contributed by atoms with Crippen LogP contribution in [0.2, 0.25) is 0 Å². The van der Waals surface area contributed by atoms with Crippen molar-refractivity contribution in [1.82, 2.24) is 10.9 Å². The fourth-order valence-corrected chi connectivity index (χ4v) is 2.66. The van der Waals surface area contributed by atoms with E-state index in [4.69, 9.17) is 5.11 Å². The van der Waals surface area contributed by atoms with Gasteiger partial charge in [0.15, 0.2) is 0 Å². The van der Waals surface area contributed by atoms with Crippen LogP contribution in [-0.4, -0.2) is 17.0 Å². The van der Waals surface area contributed by atoms with Gasteiger partial charge in [0, 0.05) is 6.54 Å². The third kappa shape index (κ3) is 3.81. The third-order valence-corrected chi connectivity index (χ3v) is 3.77. The van der Waals surface area contributed by atoms with E-state index in [1.165, 1.54) is 0 Å². The monoisotopic (exact) mass is 276 g/mol. The van der Waals surface area contributed by atoms with Gasteiger partial charge in [-0.15, -0.1) is 0 Å². The maximum Gasteiger partial charge on any atom is 0.307 e. The van der Waals surface area contributed by atoms with Crippen LogP contribution in [0.15, 0.2) is 30.3 Å². The van der Waals surface area contributed by atoms with Gasteiger partial charge in [0.1, 0.15) is 0 Å². The SMILES string of the molecule is O=C(O)[C@H]1CCCC[C@H]1C(=O)NNCc1ccccc1. The Kier molecular flexibility index (Phi) is 5.12. The predicted molar refractivity (Wildman–Crippen MR) is 74.5 cm³/mol. The van der Waals surface area contributed by atoms with Crippen molar-refractivity contribution in [2.24, 2.45) is 11.8 Å². The molecule has 108 valence electrons. The number of carboxylic acid groups (broad SMARTS) is 1. The second-order valence-electron chi connectivity index (χ2n) is 5.16. The van der Waals surface area contributed by atoms with E-state index in [0.29, 0.717) is 19.4 Å². The summed E-state index contributed by atoms with van der Waals surface area (Å²) in [6.45, 7) is 0.525. The summed E-state index contributed by atoms with van der Waals surface area (Å²) < 4.78 is 0. The molecule has 1 amide bonds. The number of hydrogen-bond acceptors (Lipinski definition) is 3. The average Bonchev–Trinajstić information content (AvgIpc) is 2.48. The zero-order valence-corrected chi connectivity index (χ0v) is 11.3. The van der Waals surface area contributed by atoms with Crippen LogP contribution < -0.4 is 10.9 Å². The summed E-state index contributed by atoms with van der Waals surface area (Å²) in [5, 5.41) is 9.16. The lowest BCUT2D eigenvalue weighted by Gasteiger charge is -2.27. The lowest BCUT2D eigenvalue weighted by molar-refractivity contribution is -0.149. The number of amides is 1. The zero-order valence-electron chi connectivity index (χ0n) is 11.3. The second kappa shape index (κ2) is 7.05. The van der Waals surface area contributed by atoms with E-state index in [1.807, 2.05) is 30.3 Å². The largest absolute Gasteiger partial charge is 0.481 e. The Morgan fingerprint density at radius 1 is 1.10 bits per heavy atom. The van der Waals surface area contributed by atoms with Crippen molar-refractivity contribution in [2.45, 2.75) is 32.2 Å². The first-order valence-electron chi connectivity index (χ1n) is 6.98. The summed E-state index contributed by atoms with van der Waals surface area (Å²) in [5.41, 5.74) is 6.56. The number of carboxylic acids is 1. The van der Waals surface area contributed by atoms with Gasteiger partial charge in [-0.3, -0.25) is 15.0 Å². The lowest BCUT2D eigenvalue weighted by Crippen LogP contribution is -2.45. The molecule has 0 aromatic heterocycles. The molecular formula is C15H20N2O3. The van der Waals surface area contributed by atoms with Gasteiger partial charge < -0.3 is 5.11 Å². The number of rotatable bonds is 5. The molecule has 1 aromatic rings. The molecule has 1 fully saturated rings. The summed E-state index contributed by atoms with van der Waals surface area (Å²) >= 11 is 0. The molecule has 2 atom stereocenters. The van der Waals surface area contributed by atoms with Gasteiger partial charge in [-0.25, -0.2) is 5.43 Å². The van der Waals surface area contributed by atoms with Crippen molar-refractivity contribution in [3.05, 3.63) is 35.9 Å². The molecule has 0 aliphatic heterocycles. The standard InChI is InChI=1S/C15H20N2O3/c18-14(12-8-4-5-9-13(12)15(19)20)17-16-10-11-6-2-1-3-7-11/h1-3,6-7,12-13,16H,4-5,8-10H2,(H,17,18)(H,19,20)/t12-,13+/m1/s1. The van der Waals surface area contributed by atoms with E-state index in [2.05, 4.69) is 10.9 Å². The smallest absolute Gasteiger partial charge is 0.307 e. The minimum absolute atomic E-state index is 0.215. The minimum Gasteiger partial charge on any atom is -0.481 e. The summed E-state index contributed by atoms with van der Waals surface area (Å²) in [7, 11) is 0. The van der Waals surface area contributed by atoms with Crippen LogP contribution in [0.25, 0.3) is 0 Å². The van der Waals surface area contributed by atoms with Gasteiger partial charge in [-0.2, -0.15) is 0 Å². The van der Waals surface area contributed by atoms with E-state index in [1.54, 1.807) is 0 Å². The zero-order chi connectivity index (χ0) is 14.4. The van der Waals surface area contributed by atoms with E-state index in [0.717, 1.165) is 18.4 Å². The van der Waals surface area contributed by atoms with Crippen molar-refractivity contribution in [2.75, 3.05) is 0 Å². The minimum atomic E-state index is -0.868. The van der Waals surface area contributed by atoms with Crippen molar-refractivity contribution in [1.29, 1.82) is 0 Å². The first kappa shape index (κ1) is 14.5. The highest BCUT2D eigenvalue weighted by atomic mass is 16.4. The fraction of sp³-hybridized carbons (Fsp3) is 0.467. The number of hydrazine groups is 1. The van der Waals surface area contributed by atoms with Crippen LogP contribution >= 0.6 is 0 Å².